The molecular formula is C62H104N16O29. The number of hydrazine groups is 1. The molecule has 4 saturated heterocycles. The molecule has 0 bridgehead atoms. The average Bonchev–Trinajstić information content (AvgIpc) is 1.20. The van der Waals surface area contributed by atoms with Crippen LogP contribution in [0.1, 0.15) is 109 Å². The molecule has 4 aliphatic rings. The number of ether oxygens (including phenoxy) is 8. The van der Waals surface area contributed by atoms with E-state index in [4.69, 9.17) is 43.7 Å². The quantitative estimate of drug-likeness (QED) is 0.0127. The monoisotopic (exact) mass is 1540 g/mol. The molecule has 2 aromatic rings. The zero-order valence-corrected chi connectivity index (χ0v) is 59.4. The summed E-state index contributed by atoms with van der Waals surface area (Å²) in [5.41, 5.74) is 2.67. The smallest absolute Gasteiger partial charge is 0.242 e. The largest absolute Gasteiger partial charge is 0.394 e. The molecule has 606 valence electrons. The Kier molecular flexibility index (Phi) is 37.2. The zero-order chi connectivity index (χ0) is 78.4. The van der Waals surface area contributed by atoms with Gasteiger partial charge in [0.1, 0.15) is 121 Å². The fourth-order valence-electron chi connectivity index (χ4n) is 11.9. The number of carbonyl (C=O) groups excluding carboxylic acids is 9. The van der Waals surface area contributed by atoms with Crippen LogP contribution in [0.2, 0.25) is 0 Å². The Morgan fingerprint density at radius 3 is 1.23 bits per heavy atom. The van der Waals surface area contributed by atoms with Gasteiger partial charge in [0, 0.05) is 59.5 Å². The molecule has 0 aliphatic carbocycles. The lowest BCUT2D eigenvalue weighted by atomic mass is 9.95. The summed E-state index contributed by atoms with van der Waals surface area (Å²) in [4.78, 5) is 114. The van der Waals surface area contributed by atoms with Crippen LogP contribution in [0.15, 0.2) is 12.4 Å². The van der Waals surface area contributed by atoms with Gasteiger partial charge in [-0.05, 0) is 38.5 Å². The molecule has 0 spiro atoms. The maximum Gasteiger partial charge on any atom is 0.242 e. The van der Waals surface area contributed by atoms with E-state index in [1.807, 2.05) is 5.43 Å². The van der Waals surface area contributed by atoms with E-state index in [9.17, 15) is 104 Å². The first kappa shape index (κ1) is 88.6. The van der Waals surface area contributed by atoms with E-state index in [1.165, 1.54) is 28.7 Å². The second kappa shape index (κ2) is 45.0. The Balaban J connectivity index is 0.895. The van der Waals surface area contributed by atoms with Gasteiger partial charge in [0.25, 0.3) is 0 Å². The van der Waals surface area contributed by atoms with Crippen LogP contribution in [0.5, 0.6) is 0 Å². The summed E-state index contributed by atoms with van der Waals surface area (Å²) in [7, 11) is 0. The SMILES string of the molecule is CC(=O)NC(CCC(=O)NCc1cn(CCO[C@@H]2O[C@H](CO)[C@@H](O[C@@H]3O[C@H](CO)[C@H](O)[C@H](O)[C@H]3O)[C@H](O)[C@H]2NC(C)=O)nn1)C(=O)NCCCCCC(=O)NC(CCC(=O)NCc1cn(CCO[C@@H]2O[C@H](CO)[C@@H](O[C@@H]3O[C@H](CO)[C@H](O)[C@H](O)[C@H]3O)[C@H](O)[C@H]2NC(C)=O)nn1)C(=O)NCCCCCC(=O)NN. The fraction of sp³-hybridized carbons (Fsp3) is 0.790. The van der Waals surface area contributed by atoms with E-state index in [0.717, 1.165) is 13.8 Å². The highest BCUT2D eigenvalue weighted by molar-refractivity contribution is 5.89. The number of nitrogens with two attached hydrogens (primary N) is 1. The van der Waals surface area contributed by atoms with Crippen molar-refractivity contribution in [2.24, 2.45) is 5.84 Å². The summed E-state index contributed by atoms with van der Waals surface area (Å²) in [6, 6.07) is -4.87. The van der Waals surface area contributed by atoms with Crippen molar-refractivity contribution in [2.75, 3.05) is 52.7 Å². The molecule has 107 heavy (non-hydrogen) atoms. The molecule has 2 unspecified atom stereocenters. The molecule has 0 saturated carbocycles. The number of carbonyl (C=O) groups is 9. The van der Waals surface area contributed by atoms with Crippen LogP contribution < -0.4 is 53.8 Å². The number of amides is 9. The first-order valence-corrected chi connectivity index (χ1v) is 35.1. The van der Waals surface area contributed by atoms with E-state index >= 15 is 0 Å². The Morgan fingerprint density at radius 2 is 0.850 bits per heavy atom. The minimum absolute atomic E-state index is 0.0176. The summed E-state index contributed by atoms with van der Waals surface area (Å²) in [5.74, 6) is 0.437. The predicted octanol–water partition coefficient (Wildman–Crippen LogP) is -11.7. The van der Waals surface area contributed by atoms with Crippen LogP contribution in [0, 0.1) is 0 Å². The molecule has 0 radical (unpaired) electrons. The maximum atomic E-state index is 13.5. The van der Waals surface area contributed by atoms with E-state index < -0.39 is 208 Å². The molecule has 0 aromatic carbocycles. The minimum Gasteiger partial charge on any atom is -0.394 e. The van der Waals surface area contributed by atoms with E-state index in [0.29, 0.717) is 49.9 Å². The summed E-state index contributed by atoms with van der Waals surface area (Å²) in [6.45, 7) is 0.332. The van der Waals surface area contributed by atoms with Crippen LogP contribution in [0.4, 0.5) is 0 Å². The van der Waals surface area contributed by atoms with E-state index in [2.05, 4.69) is 63.2 Å². The topological polar surface area (TPSA) is 666 Å². The van der Waals surface area contributed by atoms with Gasteiger partial charge in [-0.2, -0.15) is 0 Å². The van der Waals surface area contributed by atoms with Gasteiger partial charge in [-0.25, -0.2) is 15.2 Å². The molecule has 6 heterocycles. The fourth-order valence-corrected chi connectivity index (χ4v) is 11.9. The molecule has 22 atom stereocenters. The van der Waals surface area contributed by atoms with Crippen molar-refractivity contribution in [2.45, 2.75) is 259 Å². The van der Waals surface area contributed by atoms with Crippen LogP contribution >= 0.6 is 0 Å². The zero-order valence-electron chi connectivity index (χ0n) is 59.4. The third kappa shape index (κ3) is 27.6. The van der Waals surface area contributed by atoms with Gasteiger partial charge in [-0.15, -0.1) is 10.2 Å². The summed E-state index contributed by atoms with van der Waals surface area (Å²) in [5, 5.41) is 161. The van der Waals surface area contributed by atoms with Crippen LogP contribution in [-0.4, -0.2) is 332 Å². The minimum atomic E-state index is -1.85. The number of hydrogen-bond acceptors (Lipinski definition) is 34. The van der Waals surface area contributed by atoms with Crippen molar-refractivity contribution in [3.05, 3.63) is 23.8 Å². The van der Waals surface area contributed by atoms with Gasteiger partial charge >= 0.3 is 0 Å². The lowest BCUT2D eigenvalue weighted by molar-refractivity contribution is -0.348. The number of aliphatic hydroxyl groups is 12. The molecule has 2 aromatic heterocycles. The van der Waals surface area contributed by atoms with Crippen molar-refractivity contribution < 1.29 is 142 Å². The molecule has 4 fully saturated rings. The third-order valence-corrected chi connectivity index (χ3v) is 17.6. The molecule has 45 nitrogen and oxygen atoms in total. The Bertz CT molecular complexity index is 3120. The molecule has 6 rings (SSSR count). The van der Waals surface area contributed by atoms with Crippen molar-refractivity contribution in [1.29, 1.82) is 0 Å². The molecule has 45 heteroatoms. The van der Waals surface area contributed by atoms with Gasteiger partial charge < -0.3 is 142 Å². The van der Waals surface area contributed by atoms with Gasteiger partial charge in [0.05, 0.1) is 78.2 Å². The number of unbranched alkanes of at least 4 members (excludes halogenated alkanes) is 4. The highest BCUT2D eigenvalue weighted by atomic mass is 16.7. The van der Waals surface area contributed by atoms with Gasteiger partial charge in [-0.1, -0.05) is 23.3 Å². The van der Waals surface area contributed by atoms with Crippen molar-refractivity contribution >= 4 is 53.2 Å². The maximum absolute atomic E-state index is 13.5. The normalized spacial score (nSPS) is 29.2. The third-order valence-electron chi connectivity index (χ3n) is 17.6. The van der Waals surface area contributed by atoms with E-state index in [-0.39, 0.29) is 96.9 Å². The number of nitrogens with zero attached hydrogens (tertiary/aromatic N) is 6. The standard InChI is InChI=1S/C62H104N16O29/c1-30(83)68-35(12-14-41(86)66-22-33-24-77(75-73-33)18-20-100-59-45(69-31(2)84)49(92)55(39(28-81)104-59)106-61-53(96)51(94)47(90)37(26-79)102-61)57(98)64-16-8-4-6-10-43(88)71-36(58(99)65-17-9-5-7-11-44(89)72-63)13-15-42(87)67-23-34-25-78(76-74-34)19-21-101-60-46(70-32(3)85)50(93)56(40(29-82)105-60)107-62-54(97)52(95)48(91)38(27-80)103-62/h24-25,35-40,45-56,59-62,79-82,90-97H,4-23,26-29,63H2,1-3H3,(H,64,98)(H,65,99)(H,66,86)(H,67,87)(H,68,83)(H,69,84)(H,70,85)(H,71,88)(H,72,89)/t35?,36?,37-,38-,39-,40-,45-,46-,47+,48+,49-,50-,51+,52+,53-,54-,55-,56-,59-,60-,61+,62+/m1/s1. The van der Waals surface area contributed by atoms with Crippen molar-refractivity contribution in [3.8, 4) is 0 Å². The number of aromatic nitrogens is 6. The Labute approximate surface area is 612 Å². The van der Waals surface area contributed by atoms with Crippen molar-refractivity contribution in [1.82, 2.24) is 77.9 Å². The Morgan fingerprint density at radius 1 is 0.458 bits per heavy atom. The molecule has 4 aliphatic heterocycles. The van der Waals surface area contributed by atoms with Crippen molar-refractivity contribution in [3.63, 3.8) is 0 Å². The van der Waals surface area contributed by atoms with Gasteiger partial charge in [-0.3, -0.25) is 48.6 Å². The second-order valence-corrected chi connectivity index (χ2v) is 25.9. The Hall–Kier alpha value is -7.33. The highest BCUT2D eigenvalue weighted by Crippen LogP contribution is 2.32. The first-order chi connectivity index (χ1) is 51.1. The lowest BCUT2D eigenvalue weighted by Gasteiger charge is -2.47. The predicted molar refractivity (Wildman–Crippen MR) is 355 cm³/mol. The molecule has 9 amide bonds. The van der Waals surface area contributed by atoms with Gasteiger partial charge in [0.15, 0.2) is 25.2 Å². The van der Waals surface area contributed by atoms with Crippen LogP contribution in [0.25, 0.3) is 0 Å². The number of nitrogens with one attached hydrogen (secondary N) is 9. The lowest BCUT2D eigenvalue weighted by Crippen LogP contribution is -2.67. The summed E-state index contributed by atoms with van der Waals surface area (Å²) < 4.78 is 48.4. The summed E-state index contributed by atoms with van der Waals surface area (Å²) in [6.07, 6.45) is -23.4. The second-order valence-electron chi connectivity index (χ2n) is 25.9. The number of hydrogen-bond donors (Lipinski definition) is 22. The average molecular weight is 1540 g/mol. The molecule has 23 N–H and O–H groups in total. The summed E-state index contributed by atoms with van der Waals surface area (Å²) >= 11 is 0. The van der Waals surface area contributed by atoms with E-state index in [1.54, 1.807) is 0 Å². The van der Waals surface area contributed by atoms with Crippen LogP contribution in [0.3, 0.4) is 0 Å². The molecular weight excluding hydrogens is 1430 g/mol. The van der Waals surface area contributed by atoms with Gasteiger partial charge in [0.2, 0.25) is 53.2 Å². The van der Waals surface area contributed by atoms with Crippen LogP contribution in [-0.2, 0) is 107 Å². The number of rotatable bonds is 44. The highest BCUT2D eigenvalue weighted by Gasteiger charge is 2.53. The first-order valence-electron chi connectivity index (χ1n) is 35.1. The number of aliphatic hydroxyl groups excluding tert-OH is 12.